The Bertz CT molecular complexity index is 945. The molecule has 2 aromatic carbocycles. The largest absolute Gasteiger partial charge is 0.494 e. The number of hydrogen-bond acceptors (Lipinski definition) is 5. The van der Waals surface area contributed by atoms with Crippen LogP contribution >= 0.6 is 0 Å². The average Bonchev–Trinajstić information content (AvgIpc) is 3.07. The lowest BCUT2D eigenvalue weighted by Gasteiger charge is -2.22. The topological polar surface area (TPSA) is 90.7 Å². The van der Waals surface area contributed by atoms with Crippen molar-refractivity contribution >= 4 is 23.4 Å². The molecule has 1 aliphatic heterocycles. The predicted molar refractivity (Wildman–Crippen MR) is 111 cm³/mol. The van der Waals surface area contributed by atoms with Crippen molar-refractivity contribution in [3.63, 3.8) is 0 Å². The standard InChI is InChI=1S/C23H23N3O4/c1-2-30-20-10-8-19(9-11-20)25(15-3-14-24)23(29)18-6-4-17(5-7-18)16-26-21(27)12-13-22(26)28/h4-11H,2-3,12-13,15-16H2,1H3. The number of rotatable bonds is 8. The smallest absolute Gasteiger partial charge is 0.258 e. The van der Waals surface area contributed by atoms with E-state index >= 15 is 0 Å². The van der Waals surface area contributed by atoms with E-state index in [0.29, 0.717) is 23.6 Å². The molecule has 0 spiro atoms. The molecule has 7 nitrogen and oxygen atoms in total. The van der Waals surface area contributed by atoms with Gasteiger partial charge in [0.05, 0.1) is 25.6 Å². The number of carbonyl (C=O) groups excluding carboxylic acids is 3. The third-order valence-corrected chi connectivity index (χ3v) is 4.85. The lowest BCUT2D eigenvalue weighted by Crippen LogP contribution is -2.32. The fourth-order valence-electron chi connectivity index (χ4n) is 3.29. The Morgan fingerprint density at radius 2 is 1.70 bits per heavy atom. The van der Waals surface area contributed by atoms with E-state index in [1.165, 1.54) is 4.90 Å². The number of nitrogens with zero attached hydrogens (tertiary/aromatic N) is 3. The zero-order chi connectivity index (χ0) is 21.5. The minimum atomic E-state index is -0.228. The summed E-state index contributed by atoms with van der Waals surface area (Å²) in [6.45, 7) is 2.93. The normalized spacial score (nSPS) is 13.3. The minimum Gasteiger partial charge on any atom is -0.494 e. The first kappa shape index (κ1) is 21.1. The highest BCUT2D eigenvalue weighted by Crippen LogP contribution is 2.22. The molecule has 3 amide bonds. The van der Waals surface area contributed by atoms with Crippen LogP contribution in [0.25, 0.3) is 0 Å². The van der Waals surface area contributed by atoms with E-state index < -0.39 is 0 Å². The first-order valence-corrected chi connectivity index (χ1v) is 9.87. The van der Waals surface area contributed by atoms with Crippen LogP contribution in [0.4, 0.5) is 5.69 Å². The molecule has 0 saturated carbocycles. The Morgan fingerprint density at radius 1 is 1.07 bits per heavy atom. The van der Waals surface area contributed by atoms with Gasteiger partial charge in [0.2, 0.25) is 11.8 Å². The van der Waals surface area contributed by atoms with Gasteiger partial charge in [-0.05, 0) is 48.9 Å². The number of ether oxygens (including phenoxy) is 1. The van der Waals surface area contributed by atoms with Crippen LogP contribution in [0, 0.1) is 11.3 Å². The highest BCUT2D eigenvalue weighted by atomic mass is 16.5. The maximum atomic E-state index is 13.1. The van der Waals surface area contributed by atoms with E-state index in [4.69, 9.17) is 10.00 Å². The van der Waals surface area contributed by atoms with E-state index in [1.807, 2.05) is 6.92 Å². The lowest BCUT2D eigenvalue weighted by molar-refractivity contribution is -0.139. The Labute approximate surface area is 175 Å². The van der Waals surface area contributed by atoms with Gasteiger partial charge < -0.3 is 9.64 Å². The highest BCUT2D eigenvalue weighted by molar-refractivity contribution is 6.06. The number of imide groups is 1. The molecule has 3 rings (SSSR count). The Hall–Kier alpha value is -3.66. The van der Waals surface area contributed by atoms with Crippen molar-refractivity contribution in [1.29, 1.82) is 5.26 Å². The first-order valence-electron chi connectivity index (χ1n) is 9.87. The second-order valence-electron chi connectivity index (χ2n) is 6.86. The molecule has 0 radical (unpaired) electrons. The van der Waals surface area contributed by atoms with Crippen molar-refractivity contribution < 1.29 is 19.1 Å². The van der Waals surface area contributed by atoms with Gasteiger partial charge in [0.15, 0.2) is 0 Å². The molecule has 2 aromatic rings. The van der Waals surface area contributed by atoms with Gasteiger partial charge in [-0.2, -0.15) is 5.26 Å². The molecular formula is C23H23N3O4. The molecule has 7 heteroatoms. The molecule has 0 unspecified atom stereocenters. The number of carbonyl (C=O) groups is 3. The quantitative estimate of drug-likeness (QED) is 0.629. The average molecular weight is 405 g/mol. The lowest BCUT2D eigenvalue weighted by atomic mass is 10.1. The van der Waals surface area contributed by atoms with Crippen LogP contribution in [0.3, 0.4) is 0 Å². The minimum absolute atomic E-state index is 0.168. The van der Waals surface area contributed by atoms with Crippen molar-refractivity contribution in [2.75, 3.05) is 18.1 Å². The van der Waals surface area contributed by atoms with Crippen molar-refractivity contribution in [1.82, 2.24) is 4.90 Å². The van der Waals surface area contributed by atoms with Crippen LogP contribution in [0.5, 0.6) is 5.75 Å². The summed E-state index contributed by atoms with van der Waals surface area (Å²) < 4.78 is 5.44. The molecular weight excluding hydrogens is 382 g/mol. The van der Waals surface area contributed by atoms with Crippen molar-refractivity contribution in [3.05, 3.63) is 59.7 Å². The van der Waals surface area contributed by atoms with E-state index in [1.54, 1.807) is 53.4 Å². The zero-order valence-electron chi connectivity index (χ0n) is 16.8. The molecule has 154 valence electrons. The van der Waals surface area contributed by atoms with Crippen LogP contribution in [-0.4, -0.2) is 35.8 Å². The number of nitriles is 1. The summed E-state index contributed by atoms with van der Waals surface area (Å²) in [5.74, 6) is 0.148. The molecule has 0 atom stereocenters. The van der Waals surface area contributed by atoms with Gasteiger partial charge in [0.25, 0.3) is 5.91 Å². The van der Waals surface area contributed by atoms with Crippen molar-refractivity contribution in [2.24, 2.45) is 0 Å². The van der Waals surface area contributed by atoms with E-state index in [9.17, 15) is 14.4 Å². The summed E-state index contributed by atoms with van der Waals surface area (Å²) in [6, 6.07) is 16.1. The molecule has 1 fully saturated rings. The van der Waals surface area contributed by atoms with Crippen LogP contribution in [0.15, 0.2) is 48.5 Å². The maximum Gasteiger partial charge on any atom is 0.258 e. The number of hydrogen-bond donors (Lipinski definition) is 0. The summed E-state index contributed by atoms with van der Waals surface area (Å²) in [5, 5.41) is 8.98. The van der Waals surface area contributed by atoms with E-state index in [2.05, 4.69) is 6.07 Å². The van der Waals surface area contributed by atoms with Gasteiger partial charge in [-0.3, -0.25) is 19.3 Å². The van der Waals surface area contributed by atoms with Crippen LogP contribution in [0.1, 0.15) is 42.1 Å². The number of anilines is 1. The molecule has 0 N–H and O–H groups in total. The summed E-state index contributed by atoms with van der Waals surface area (Å²) in [6.07, 6.45) is 0.715. The monoisotopic (exact) mass is 405 g/mol. The summed E-state index contributed by atoms with van der Waals surface area (Å²) >= 11 is 0. The fourth-order valence-corrected chi connectivity index (χ4v) is 3.29. The van der Waals surface area contributed by atoms with Crippen LogP contribution < -0.4 is 9.64 Å². The highest BCUT2D eigenvalue weighted by Gasteiger charge is 2.28. The van der Waals surface area contributed by atoms with Gasteiger partial charge in [0, 0.05) is 30.6 Å². The van der Waals surface area contributed by atoms with Gasteiger partial charge in [-0.15, -0.1) is 0 Å². The zero-order valence-corrected chi connectivity index (χ0v) is 16.8. The molecule has 0 aliphatic carbocycles. The van der Waals surface area contributed by atoms with Gasteiger partial charge in [-0.1, -0.05) is 12.1 Å². The van der Waals surface area contributed by atoms with E-state index in [-0.39, 0.29) is 50.1 Å². The number of benzene rings is 2. The van der Waals surface area contributed by atoms with E-state index in [0.717, 1.165) is 5.56 Å². The molecule has 1 aliphatic rings. The number of likely N-dealkylation sites (tertiary alicyclic amines) is 1. The SMILES string of the molecule is CCOc1ccc(N(CCC#N)C(=O)c2ccc(CN3C(=O)CCC3=O)cc2)cc1. The van der Waals surface area contributed by atoms with Crippen molar-refractivity contribution in [3.8, 4) is 11.8 Å². The van der Waals surface area contributed by atoms with Gasteiger partial charge in [0.1, 0.15) is 5.75 Å². The second kappa shape index (κ2) is 9.70. The Kier molecular flexibility index (Phi) is 6.81. The van der Waals surface area contributed by atoms with Crippen LogP contribution in [-0.2, 0) is 16.1 Å². The third kappa shape index (κ3) is 4.84. The Morgan fingerprint density at radius 3 is 2.27 bits per heavy atom. The summed E-state index contributed by atoms with van der Waals surface area (Å²) in [4.78, 5) is 39.5. The number of amides is 3. The Balaban J connectivity index is 1.76. The molecule has 30 heavy (non-hydrogen) atoms. The summed E-state index contributed by atoms with van der Waals surface area (Å²) in [5.41, 5.74) is 1.92. The van der Waals surface area contributed by atoms with Crippen LogP contribution in [0.2, 0.25) is 0 Å². The van der Waals surface area contributed by atoms with Gasteiger partial charge in [-0.25, -0.2) is 0 Å². The second-order valence-corrected chi connectivity index (χ2v) is 6.86. The maximum absolute atomic E-state index is 13.1. The molecule has 1 heterocycles. The predicted octanol–water partition coefficient (Wildman–Crippen LogP) is 3.29. The van der Waals surface area contributed by atoms with Gasteiger partial charge >= 0.3 is 0 Å². The third-order valence-electron chi connectivity index (χ3n) is 4.85. The molecule has 0 aromatic heterocycles. The molecule has 1 saturated heterocycles. The molecule has 0 bridgehead atoms. The van der Waals surface area contributed by atoms with Crippen molar-refractivity contribution in [2.45, 2.75) is 32.7 Å². The fraction of sp³-hybridized carbons (Fsp3) is 0.304. The first-order chi connectivity index (χ1) is 14.5. The summed E-state index contributed by atoms with van der Waals surface area (Å²) in [7, 11) is 0.